The summed E-state index contributed by atoms with van der Waals surface area (Å²) in [6.45, 7) is 9.27. The van der Waals surface area contributed by atoms with E-state index in [1.165, 1.54) is 11.1 Å². The predicted molar refractivity (Wildman–Crippen MR) is 82.5 cm³/mol. The van der Waals surface area contributed by atoms with Gasteiger partial charge in [-0.15, -0.1) is 0 Å². The molecule has 2 rings (SSSR count). The summed E-state index contributed by atoms with van der Waals surface area (Å²) >= 11 is 0. The first-order chi connectivity index (χ1) is 9.74. The molecule has 0 fully saturated rings. The number of rotatable bonds is 7. The Morgan fingerprint density at radius 2 is 2.05 bits per heavy atom. The molecule has 4 heteroatoms. The van der Waals surface area contributed by atoms with E-state index in [0.717, 1.165) is 43.7 Å². The lowest BCUT2D eigenvalue weighted by Crippen LogP contribution is -2.13. The van der Waals surface area contributed by atoms with Crippen LogP contribution in [0, 0.1) is 6.92 Å². The van der Waals surface area contributed by atoms with E-state index in [-0.39, 0.29) is 0 Å². The largest absolute Gasteiger partial charge is 0.313 e. The second-order valence-electron chi connectivity index (χ2n) is 5.15. The average molecular weight is 272 g/mol. The average Bonchev–Trinajstić information content (AvgIpc) is 2.81. The van der Waals surface area contributed by atoms with E-state index >= 15 is 0 Å². The SMILES string of the molecule is CCCNCc1cncc(-c2cn(CCC)nc2C)c1. The molecule has 2 aromatic heterocycles. The molecule has 4 nitrogen and oxygen atoms in total. The maximum atomic E-state index is 4.56. The fourth-order valence-corrected chi connectivity index (χ4v) is 2.29. The molecule has 0 atom stereocenters. The monoisotopic (exact) mass is 272 g/mol. The molecule has 2 aromatic rings. The summed E-state index contributed by atoms with van der Waals surface area (Å²) in [7, 11) is 0. The van der Waals surface area contributed by atoms with Gasteiger partial charge >= 0.3 is 0 Å². The van der Waals surface area contributed by atoms with Crippen molar-refractivity contribution >= 4 is 0 Å². The highest BCUT2D eigenvalue weighted by Gasteiger charge is 2.08. The smallest absolute Gasteiger partial charge is 0.0672 e. The van der Waals surface area contributed by atoms with E-state index in [2.05, 4.69) is 48.4 Å². The number of nitrogens with one attached hydrogen (secondary N) is 1. The second-order valence-corrected chi connectivity index (χ2v) is 5.15. The minimum absolute atomic E-state index is 0.872. The summed E-state index contributed by atoms with van der Waals surface area (Å²) in [5, 5.41) is 7.96. The van der Waals surface area contributed by atoms with Crippen LogP contribution in [0.25, 0.3) is 11.1 Å². The highest BCUT2D eigenvalue weighted by Crippen LogP contribution is 2.22. The van der Waals surface area contributed by atoms with Crippen molar-refractivity contribution in [1.82, 2.24) is 20.1 Å². The van der Waals surface area contributed by atoms with Crippen LogP contribution in [0.2, 0.25) is 0 Å². The maximum Gasteiger partial charge on any atom is 0.0672 e. The van der Waals surface area contributed by atoms with Crippen LogP contribution in [0.5, 0.6) is 0 Å². The second kappa shape index (κ2) is 7.20. The highest BCUT2D eigenvalue weighted by atomic mass is 15.3. The van der Waals surface area contributed by atoms with Crippen molar-refractivity contribution in [2.24, 2.45) is 0 Å². The molecule has 0 aliphatic rings. The Hall–Kier alpha value is -1.68. The molecule has 0 bridgehead atoms. The molecule has 0 amide bonds. The Bertz CT molecular complexity index is 545. The van der Waals surface area contributed by atoms with E-state index in [9.17, 15) is 0 Å². The maximum absolute atomic E-state index is 4.56. The van der Waals surface area contributed by atoms with Gasteiger partial charge in [0.1, 0.15) is 0 Å². The molecular weight excluding hydrogens is 248 g/mol. The van der Waals surface area contributed by atoms with Gasteiger partial charge < -0.3 is 5.32 Å². The molecule has 0 unspecified atom stereocenters. The Labute approximate surface area is 121 Å². The number of hydrogen-bond donors (Lipinski definition) is 1. The minimum Gasteiger partial charge on any atom is -0.313 e. The zero-order chi connectivity index (χ0) is 14.4. The first-order valence-corrected chi connectivity index (χ1v) is 7.43. The van der Waals surface area contributed by atoms with Crippen molar-refractivity contribution in [3.05, 3.63) is 35.9 Å². The van der Waals surface area contributed by atoms with Gasteiger partial charge in [-0.3, -0.25) is 9.67 Å². The number of aromatic nitrogens is 3. The van der Waals surface area contributed by atoms with Crippen LogP contribution in [0.1, 0.15) is 37.9 Å². The normalized spacial score (nSPS) is 10.9. The molecule has 0 radical (unpaired) electrons. The van der Waals surface area contributed by atoms with Gasteiger partial charge in [-0.2, -0.15) is 5.10 Å². The highest BCUT2D eigenvalue weighted by molar-refractivity contribution is 5.64. The molecule has 2 heterocycles. The standard InChI is InChI=1S/C16H24N4/c1-4-6-17-9-14-8-15(11-18-10-14)16-12-20(7-5-2)19-13(16)3/h8,10-12,17H,4-7,9H2,1-3H3. The van der Waals surface area contributed by atoms with Crippen LogP contribution >= 0.6 is 0 Å². The fraction of sp³-hybridized carbons (Fsp3) is 0.500. The first-order valence-electron chi connectivity index (χ1n) is 7.43. The third kappa shape index (κ3) is 3.67. The lowest BCUT2D eigenvalue weighted by molar-refractivity contribution is 0.598. The molecule has 0 saturated heterocycles. The zero-order valence-corrected chi connectivity index (χ0v) is 12.7. The van der Waals surface area contributed by atoms with Crippen LogP contribution in [0.15, 0.2) is 24.7 Å². The summed E-state index contributed by atoms with van der Waals surface area (Å²) in [5.74, 6) is 0. The third-order valence-corrected chi connectivity index (χ3v) is 3.26. The van der Waals surface area contributed by atoms with E-state index in [1.807, 2.05) is 17.1 Å². The van der Waals surface area contributed by atoms with Gasteiger partial charge in [0.2, 0.25) is 0 Å². The lowest BCUT2D eigenvalue weighted by atomic mass is 10.1. The fourth-order valence-electron chi connectivity index (χ4n) is 2.29. The molecule has 1 N–H and O–H groups in total. The number of aryl methyl sites for hydroxylation is 2. The number of pyridine rings is 1. The minimum atomic E-state index is 0.872. The van der Waals surface area contributed by atoms with Gasteiger partial charge in [0.15, 0.2) is 0 Å². The third-order valence-electron chi connectivity index (χ3n) is 3.26. The van der Waals surface area contributed by atoms with E-state index in [4.69, 9.17) is 0 Å². The molecule has 0 aliphatic heterocycles. The topological polar surface area (TPSA) is 42.7 Å². The van der Waals surface area contributed by atoms with E-state index in [1.54, 1.807) is 0 Å². The molecular formula is C16H24N4. The van der Waals surface area contributed by atoms with Crippen molar-refractivity contribution < 1.29 is 0 Å². The summed E-state index contributed by atoms with van der Waals surface area (Å²) in [6.07, 6.45) is 8.22. The van der Waals surface area contributed by atoms with Crippen molar-refractivity contribution in [2.75, 3.05) is 6.54 Å². The van der Waals surface area contributed by atoms with Crippen molar-refractivity contribution in [2.45, 2.75) is 46.7 Å². The van der Waals surface area contributed by atoms with Crippen LogP contribution in [-0.4, -0.2) is 21.3 Å². The van der Waals surface area contributed by atoms with Gasteiger partial charge in [-0.05, 0) is 37.9 Å². The van der Waals surface area contributed by atoms with Crippen molar-refractivity contribution in [3.8, 4) is 11.1 Å². The Morgan fingerprint density at radius 1 is 1.20 bits per heavy atom. The molecule has 0 saturated carbocycles. The van der Waals surface area contributed by atoms with Crippen LogP contribution in [-0.2, 0) is 13.1 Å². The van der Waals surface area contributed by atoms with Gasteiger partial charge in [0, 0.05) is 42.8 Å². The molecule has 0 aliphatic carbocycles. The van der Waals surface area contributed by atoms with Crippen LogP contribution in [0.4, 0.5) is 0 Å². The molecule has 0 aromatic carbocycles. The van der Waals surface area contributed by atoms with Crippen molar-refractivity contribution in [3.63, 3.8) is 0 Å². The van der Waals surface area contributed by atoms with Gasteiger partial charge in [0.25, 0.3) is 0 Å². The first kappa shape index (κ1) is 14.7. The van der Waals surface area contributed by atoms with Gasteiger partial charge in [-0.1, -0.05) is 13.8 Å². The number of hydrogen-bond acceptors (Lipinski definition) is 3. The van der Waals surface area contributed by atoms with Crippen LogP contribution in [0.3, 0.4) is 0 Å². The zero-order valence-electron chi connectivity index (χ0n) is 12.7. The lowest BCUT2D eigenvalue weighted by Gasteiger charge is -2.05. The van der Waals surface area contributed by atoms with Gasteiger partial charge in [-0.25, -0.2) is 0 Å². The van der Waals surface area contributed by atoms with E-state index in [0.29, 0.717) is 0 Å². The molecule has 20 heavy (non-hydrogen) atoms. The Balaban J connectivity index is 2.17. The van der Waals surface area contributed by atoms with Crippen molar-refractivity contribution in [1.29, 1.82) is 0 Å². The summed E-state index contributed by atoms with van der Waals surface area (Å²) < 4.78 is 2.02. The molecule has 108 valence electrons. The van der Waals surface area contributed by atoms with Crippen LogP contribution < -0.4 is 5.32 Å². The summed E-state index contributed by atoms with van der Waals surface area (Å²) in [5.41, 5.74) is 4.63. The molecule has 0 spiro atoms. The summed E-state index contributed by atoms with van der Waals surface area (Å²) in [4.78, 5) is 4.36. The quantitative estimate of drug-likeness (QED) is 0.787. The predicted octanol–water partition coefficient (Wildman–Crippen LogP) is 3.16. The Kier molecular flexibility index (Phi) is 5.30. The van der Waals surface area contributed by atoms with Gasteiger partial charge in [0.05, 0.1) is 5.69 Å². The summed E-state index contributed by atoms with van der Waals surface area (Å²) in [6, 6.07) is 2.20. The van der Waals surface area contributed by atoms with E-state index < -0.39 is 0 Å². The number of nitrogens with zero attached hydrogens (tertiary/aromatic N) is 3. The Morgan fingerprint density at radius 3 is 2.80 bits per heavy atom.